The van der Waals surface area contributed by atoms with Gasteiger partial charge >= 0.3 is 0 Å². The highest BCUT2D eigenvalue weighted by Crippen LogP contribution is 2.43. The highest BCUT2D eigenvalue weighted by Gasteiger charge is 2.34. The SMILES string of the molecule is O=C(NC(c1ccc2c(c1)OCCO2)C1CC1)c1ccc(Br)s1. The molecule has 1 unspecified atom stereocenters. The standard InChI is InChI=1S/C17H16BrNO3S/c18-15-6-5-14(23-15)17(20)19-16(10-1-2-10)11-3-4-12-13(9-11)22-8-7-21-12/h3-6,9-10,16H,1-2,7-8H2,(H,19,20). The van der Waals surface area contributed by atoms with Crippen LogP contribution in [0.5, 0.6) is 11.5 Å². The van der Waals surface area contributed by atoms with Crippen LogP contribution < -0.4 is 14.8 Å². The van der Waals surface area contributed by atoms with Gasteiger partial charge in [0.15, 0.2) is 11.5 Å². The molecule has 4 rings (SSSR count). The summed E-state index contributed by atoms with van der Waals surface area (Å²) in [5.74, 6) is 2.04. The number of ether oxygens (including phenoxy) is 2. The van der Waals surface area contributed by atoms with Crippen LogP contribution in [0.3, 0.4) is 0 Å². The number of hydrogen-bond acceptors (Lipinski definition) is 4. The van der Waals surface area contributed by atoms with Gasteiger partial charge < -0.3 is 14.8 Å². The number of hydrogen-bond donors (Lipinski definition) is 1. The molecular formula is C17H16BrNO3S. The van der Waals surface area contributed by atoms with Gasteiger partial charge in [-0.1, -0.05) is 6.07 Å². The molecule has 120 valence electrons. The van der Waals surface area contributed by atoms with Crippen LogP contribution in [0.25, 0.3) is 0 Å². The Kier molecular flexibility index (Phi) is 4.03. The van der Waals surface area contributed by atoms with Gasteiger partial charge in [-0.3, -0.25) is 4.79 Å². The van der Waals surface area contributed by atoms with Gasteiger partial charge in [0.1, 0.15) is 13.2 Å². The first-order valence-electron chi connectivity index (χ1n) is 7.66. The van der Waals surface area contributed by atoms with Gasteiger partial charge in [-0.05, 0) is 64.5 Å². The Bertz CT molecular complexity index is 741. The Hall–Kier alpha value is -1.53. The number of amides is 1. The Morgan fingerprint density at radius 3 is 2.65 bits per heavy atom. The number of rotatable bonds is 4. The third-order valence-corrected chi connectivity index (χ3v) is 5.72. The number of nitrogens with one attached hydrogen (secondary N) is 1. The zero-order valence-corrected chi connectivity index (χ0v) is 14.8. The Morgan fingerprint density at radius 1 is 1.17 bits per heavy atom. The van der Waals surface area contributed by atoms with Crippen molar-refractivity contribution in [3.63, 3.8) is 0 Å². The van der Waals surface area contributed by atoms with E-state index < -0.39 is 0 Å². The lowest BCUT2D eigenvalue weighted by Crippen LogP contribution is -2.29. The topological polar surface area (TPSA) is 47.6 Å². The van der Waals surface area contributed by atoms with Crippen LogP contribution in [-0.2, 0) is 0 Å². The van der Waals surface area contributed by atoms with Gasteiger partial charge in [0, 0.05) is 0 Å². The van der Waals surface area contributed by atoms with Crippen molar-refractivity contribution in [1.29, 1.82) is 0 Å². The number of thiophene rings is 1. The fraction of sp³-hybridized carbons (Fsp3) is 0.353. The molecule has 2 aliphatic rings. The Labute approximate surface area is 146 Å². The molecule has 1 atom stereocenters. The van der Waals surface area contributed by atoms with Gasteiger partial charge in [-0.25, -0.2) is 0 Å². The summed E-state index contributed by atoms with van der Waals surface area (Å²) in [4.78, 5) is 13.2. The first kappa shape index (κ1) is 15.0. The van der Waals surface area contributed by atoms with E-state index in [1.807, 2.05) is 30.3 Å². The van der Waals surface area contributed by atoms with Crippen molar-refractivity contribution in [2.24, 2.45) is 5.92 Å². The number of halogens is 1. The van der Waals surface area contributed by atoms with Gasteiger partial charge in [0.05, 0.1) is 14.7 Å². The van der Waals surface area contributed by atoms with E-state index in [1.165, 1.54) is 11.3 Å². The van der Waals surface area contributed by atoms with Crippen molar-refractivity contribution in [3.05, 3.63) is 44.6 Å². The minimum Gasteiger partial charge on any atom is -0.486 e. The summed E-state index contributed by atoms with van der Waals surface area (Å²) in [6, 6.07) is 9.74. The molecule has 1 fully saturated rings. The van der Waals surface area contributed by atoms with E-state index in [1.54, 1.807) is 0 Å². The highest BCUT2D eigenvalue weighted by molar-refractivity contribution is 9.11. The van der Waals surface area contributed by atoms with Crippen molar-refractivity contribution in [2.75, 3.05) is 13.2 Å². The molecule has 1 saturated carbocycles. The number of benzene rings is 1. The van der Waals surface area contributed by atoms with E-state index in [0.717, 1.165) is 38.6 Å². The summed E-state index contributed by atoms with van der Waals surface area (Å²) in [6.07, 6.45) is 2.29. The van der Waals surface area contributed by atoms with Gasteiger partial charge in [0.2, 0.25) is 0 Å². The zero-order chi connectivity index (χ0) is 15.8. The molecule has 0 bridgehead atoms. The van der Waals surface area contributed by atoms with E-state index in [0.29, 0.717) is 19.1 Å². The lowest BCUT2D eigenvalue weighted by molar-refractivity contribution is 0.0935. The second-order valence-electron chi connectivity index (χ2n) is 5.80. The van der Waals surface area contributed by atoms with Crippen LogP contribution in [-0.4, -0.2) is 19.1 Å². The smallest absolute Gasteiger partial charge is 0.261 e. The predicted molar refractivity (Wildman–Crippen MR) is 92.4 cm³/mol. The summed E-state index contributed by atoms with van der Waals surface area (Å²) in [6.45, 7) is 1.16. The second-order valence-corrected chi connectivity index (χ2v) is 8.26. The third-order valence-electron chi connectivity index (χ3n) is 4.10. The summed E-state index contributed by atoms with van der Waals surface area (Å²) >= 11 is 4.85. The van der Waals surface area contributed by atoms with Crippen LogP contribution in [0.2, 0.25) is 0 Å². The first-order valence-corrected chi connectivity index (χ1v) is 9.27. The fourth-order valence-electron chi connectivity index (χ4n) is 2.80. The molecule has 1 amide bonds. The quantitative estimate of drug-likeness (QED) is 0.847. The maximum Gasteiger partial charge on any atom is 0.261 e. The Morgan fingerprint density at radius 2 is 1.96 bits per heavy atom. The zero-order valence-electron chi connectivity index (χ0n) is 12.4. The molecule has 23 heavy (non-hydrogen) atoms. The largest absolute Gasteiger partial charge is 0.486 e. The van der Waals surface area contributed by atoms with E-state index in [-0.39, 0.29) is 11.9 Å². The highest BCUT2D eigenvalue weighted by atomic mass is 79.9. The summed E-state index contributed by atoms with van der Waals surface area (Å²) in [7, 11) is 0. The molecule has 6 heteroatoms. The van der Waals surface area contributed by atoms with Crippen molar-refractivity contribution in [2.45, 2.75) is 18.9 Å². The van der Waals surface area contributed by atoms with E-state index in [2.05, 4.69) is 21.2 Å². The van der Waals surface area contributed by atoms with Crippen molar-refractivity contribution >= 4 is 33.2 Å². The molecule has 1 aliphatic carbocycles. The maximum atomic E-state index is 12.5. The van der Waals surface area contributed by atoms with Crippen molar-refractivity contribution in [1.82, 2.24) is 5.32 Å². The molecule has 2 heterocycles. The average molecular weight is 394 g/mol. The molecule has 2 aromatic rings. The number of fused-ring (bicyclic) bond motifs is 1. The minimum atomic E-state index is -0.0208. The van der Waals surface area contributed by atoms with Crippen LogP contribution >= 0.6 is 27.3 Å². The number of carbonyl (C=O) groups is 1. The monoisotopic (exact) mass is 393 g/mol. The van der Waals surface area contributed by atoms with Gasteiger partial charge in [0.25, 0.3) is 5.91 Å². The fourth-order valence-corrected chi connectivity index (χ4v) is 4.09. The lowest BCUT2D eigenvalue weighted by atomic mass is 10.0. The van der Waals surface area contributed by atoms with Crippen molar-refractivity contribution in [3.8, 4) is 11.5 Å². The molecule has 1 N–H and O–H groups in total. The van der Waals surface area contributed by atoms with Gasteiger partial charge in [-0.2, -0.15) is 0 Å². The molecule has 4 nitrogen and oxygen atoms in total. The van der Waals surface area contributed by atoms with E-state index in [4.69, 9.17) is 9.47 Å². The average Bonchev–Trinajstić information content (AvgIpc) is 3.32. The molecule has 0 saturated heterocycles. The van der Waals surface area contributed by atoms with Crippen LogP contribution in [0, 0.1) is 5.92 Å². The normalized spacial score (nSPS) is 17.6. The summed E-state index contributed by atoms with van der Waals surface area (Å²) < 4.78 is 12.2. The minimum absolute atomic E-state index is 0.0208. The van der Waals surface area contributed by atoms with Crippen LogP contribution in [0.4, 0.5) is 0 Å². The molecule has 1 aromatic heterocycles. The second kappa shape index (κ2) is 6.17. The number of carbonyl (C=O) groups excluding carboxylic acids is 1. The third kappa shape index (κ3) is 3.23. The van der Waals surface area contributed by atoms with Crippen LogP contribution in [0.15, 0.2) is 34.1 Å². The summed E-state index contributed by atoms with van der Waals surface area (Å²) in [5.41, 5.74) is 1.08. The van der Waals surface area contributed by atoms with E-state index >= 15 is 0 Å². The van der Waals surface area contributed by atoms with Crippen LogP contribution in [0.1, 0.15) is 34.1 Å². The predicted octanol–water partition coefficient (Wildman–Crippen LogP) is 4.16. The molecule has 0 spiro atoms. The summed E-state index contributed by atoms with van der Waals surface area (Å²) in [5, 5.41) is 3.19. The first-order chi connectivity index (χ1) is 11.2. The Balaban J connectivity index is 1.57. The van der Waals surface area contributed by atoms with Crippen molar-refractivity contribution < 1.29 is 14.3 Å². The molecular weight excluding hydrogens is 378 g/mol. The maximum absolute atomic E-state index is 12.5. The van der Waals surface area contributed by atoms with E-state index in [9.17, 15) is 4.79 Å². The molecule has 1 aromatic carbocycles. The van der Waals surface area contributed by atoms with Gasteiger partial charge in [-0.15, -0.1) is 11.3 Å². The molecule has 1 aliphatic heterocycles. The lowest BCUT2D eigenvalue weighted by Gasteiger charge is -2.23. The molecule has 0 radical (unpaired) electrons.